The van der Waals surface area contributed by atoms with Crippen LogP contribution in [0.3, 0.4) is 0 Å². The summed E-state index contributed by atoms with van der Waals surface area (Å²) >= 11 is 0. The molecule has 0 atom stereocenters. The summed E-state index contributed by atoms with van der Waals surface area (Å²) in [5.74, 6) is 0. The van der Waals surface area contributed by atoms with Gasteiger partial charge in [-0.2, -0.15) is 0 Å². The summed E-state index contributed by atoms with van der Waals surface area (Å²) < 4.78 is 4.79. The summed E-state index contributed by atoms with van der Waals surface area (Å²) in [7, 11) is 0. The first-order valence-corrected chi connectivity index (χ1v) is 12.9. The molecule has 5 aromatic carbocycles. The molecule has 2 aromatic heterocycles. The van der Waals surface area contributed by atoms with Crippen molar-refractivity contribution in [3.63, 3.8) is 0 Å². The van der Waals surface area contributed by atoms with E-state index < -0.39 is 0 Å². The van der Waals surface area contributed by atoms with Crippen molar-refractivity contribution in [1.29, 1.82) is 0 Å². The van der Waals surface area contributed by atoms with Gasteiger partial charge in [0.2, 0.25) is 0 Å². The van der Waals surface area contributed by atoms with Gasteiger partial charge < -0.3 is 9.13 Å². The van der Waals surface area contributed by atoms with Crippen LogP contribution < -0.4 is 0 Å². The topological polar surface area (TPSA) is 9.86 Å². The molecule has 0 unspecified atom stereocenters. The molecule has 0 spiro atoms. The molecule has 174 valence electrons. The van der Waals surface area contributed by atoms with Gasteiger partial charge in [0, 0.05) is 39.4 Å². The highest BCUT2D eigenvalue weighted by atomic mass is 15.0. The first-order chi connectivity index (χ1) is 18.4. The standard InChI is InChI=1S/C35H24N2/c1-2-10-26(11-3-1)36-32-16-8-6-14-28(32)30-22-24(18-20-34(30)36)25-19-21-35-31(23-25)29-15-7-9-17-33(29)37(35)27-12-4-5-13-27/h1-12,14-23H,13H2. The van der Waals surface area contributed by atoms with E-state index in [1.807, 2.05) is 0 Å². The van der Waals surface area contributed by atoms with E-state index in [1.165, 1.54) is 66.1 Å². The van der Waals surface area contributed by atoms with Crippen molar-refractivity contribution in [2.75, 3.05) is 0 Å². The molecule has 2 heteroatoms. The number of nitrogens with zero attached hydrogens (tertiary/aromatic N) is 2. The van der Waals surface area contributed by atoms with Crippen LogP contribution in [-0.2, 0) is 0 Å². The average molecular weight is 473 g/mol. The van der Waals surface area contributed by atoms with E-state index in [0.717, 1.165) is 6.42 Å². The zero-order chi connectivity index (χ0) is 24.3. The van der Waals surface area contributed by atoms with Crippen molar-refractivity contribution in [1.82, 2.24) is 9.13 Å². The van der Waals surface area contributed by atoms with Crippen molar-refractivity contribution in [3.8, 4) is 16.8 Å². The number of para-hydroxylation sites is 3. The summed E-state index contributed by atoms with van der Waals surface area (Å²) in [5.41, 5.74) is 10.00. The number of aromatic nitrogens is 2. The lowest BCUT2D eigenvalue weighted by atomic mass is 10.0. The molecular formula is C35H24N2. The van der Waals surface area contributed by atoms with Crippen LogP contribution in [0.1, 0.15) is 6.42 Å². The highest BCUT2D eigenvalue weighted by molar-refractivity contribution is 6.13. The Morgan fingerprint density at radius 1 is 0.459 bits per heavy atom. The first-order valence-electron chi connectivity index (χ1n) is 12.9. The zero-order valence-electron chi connectivity index (χ0n) is 20.3. The number of allylic oxidation sites excluding steroid dienone is 4. The van der Waals surface area contributed by atoms with Gasteiger partial charge in [-0.3, -0.25) is 0 Å². The van der Waals surface area contributed by atoms with Gasteiger partial charge in [-0.1, -0.05) is 78.9 Å². The Hall–Kier alpha value is -4.82. The minimum atomic E-state index is 0.970. The van der Waals surface area contributed by atoms with E-state index in [-0.39, 0.29) is 0 Å². The van der Waals surface area contributed by atoms with Gasteiger partial charge in [-0.05, 0) is 65.7 Å². The van der Waals surface area contributed by atoms with Gasteiger partial charge in [0.15, 0.2) is 0 Å². The minimum Gasteiger partial charge on any atom is -0.313 e. The highest BCUT2D eigenvalue weighted by Crippen LogP contribution is 2.38. The van der Waals surface area contributed by atoms with Gasteiger partial charge in [0.1, 0.15) is 0 Å². The van der Waals surface area contributed by atoms with Crippen LogP contribution in [0.4, 0.5) is 0 Å². The Morgan fingerprint density at radius 2 is 1.00 bits per heavy atom. The smallest absolute Gasteiger partial charge is 0.0541 e. The molecule has 0 fully saturated rings. The van der Waals surface area contributed by atoms with Gasteiger partial charge in [-0.15, -0.1) is 0 Å². The fraction of sp³-hybridized carbons (Fsp3) is 0.0286. The molecule has 0 saturated carbocycles. The van der Waals surface area contributed by atoms with E-state index in [1.54, 1.807) is 0 Å². The molecule has 0 N–H and O–H groups in total. The molecule has 1 aliphatic rings. The SMILES string of the molecule is C1=CCC(n2c3ccccc3c3cc(-c4ccc5c(c4)c4ccccc4n5-c4ccccc4)ccc32)=C1. The van der Waals surface area contributed by atoms with Crippen molar-refractivity contribution in [3.05, 3.63) is 133 Å². The average Bonchev–Trinajstić information content (AvgIpc) is 3.68. The second-order valence-electron chi connectivity index (χ2n) is 9.79. The Labute approximate surface area is 215 Å². The summed E-state index contributed by atoms with van der Waals surface area (Å²) in [4.78, 5) is 0. The fourth-order valence-corrected chi connectivity index (χ4v) is 6.07. The van der Waals surface area contributed by atoms with Crippen molar-refractivity contribution in [2.45, 2.75) is 6.42 Å². The molecule has 0 bridgehead atoms. The van der Waals surface area contributed by atoms with E-state index >= 15 is 0 Å². The zero-order valence-corrected chi connectivity index (χ0v) is 20.3. The number of hydrogen-bond acceptors (Lipinski definition) is 0. The maximum atomic E-state index is 2.42. The third-order valence-electron chi connectivity index (χ3n) is 7.73. The fourth-order valence-electron chi connectivity index (χ4n) is 6.07. The number of hydrogen-bond donors (Lipinski definition) is 0. The van der Waals surface area contributed by atoms with Crippen LogP contribution in [0.5, 0.6) is 0 Å². The van der Waals surface area contributed by atoms with Gasteiger partial charge in [0.05, 0.1) is 22.1 Å². The van der Waals surface area contributed by atoms with Crippen LogP contribution in [0.15, 0.2) is 133 Å². The van der Waals surface area contributed by atoms with Crippen LogP contribution in [0.2, 0.25) is 0 Å². The minimum absolute atomic E-state index is 0.970. The van der Waals surface area contributed by atoms with E-state index in [0.29, 0.717) is 0 Å². The molecule has 0 aliphatic heterocycles. The second-order valence-corrected chi connectivity index (χ2v) is 9.79. The number of rotatable bonds is 3. The van der Waals surface area contributed by atoms with Crippen molar-refractivity contribution in [2.24, 2.45) is 0 Å². The summed E-state index contributed by atoms with van der Waals surface area (Å²) in [6, 6.07) is 42.0. The molecule has 0 radical (unpaired) electrons. The maximum absolute atomic E-state index is 2.42. The van der Waals surface area contributed by atoms with Crippen LogP contribution in [0, 0.1) is 0 Å². The predicted octanol–water partition coefficient (Wildman–Crippen LogP) is 9.36. The summed E-state index contributed by atoms with van der Waals surface area (Å²) in [6.07, 6.45) is 7.59. The Kier molecular flexibility index (Phi) is 4.32. The molecule has 0 amide bonds. The molecule has 1 aliphatic carbocycles. The lowest BCUT2D eigenvalue weighted by Crippen LogP contribution is -1.94. The normalized spacial score (nSPS) is 13.4. The molecule has 0 saturated heterocycles. The predicted molar refractivity (Wildman–Crippen MR) is 157 cm³/mol. The maximum Gasteiger partial charge on any atom is 0.0541 e. The third-order valence-corrected chi connectivity index (χ3v) is 7.73. The lowest BCUT2D eigenvalue weighted by molar-refractivity contribution is 1.16. The van der Waals surface area contributed by atoms with Gasteiger partial charge in [0.25, 0.3) is 0 Å². The van der Waals surface area contributed by atoms with Crippen molar-refractivity contribution < 1.29 is 0 Å². The van der Waals surface area contributed by atoms with Crippen LogP contribution in [0.25, 0.3) is 66.1 Å². The molecule has 37 heavy (non-hydrogen) atoms. The van der Waals surface area contributed by atoms with Gasteiger partial charge >= 0.3 is 0 Å². The monoisotopic (exact) mass is 472 g/mol. The Bertz CT molecular complexity index is 2050. The molecular weight excluding hydrogens is 448 g/mol. The van der Waals surface area contributed by atoms with Crippen LogP contribution >= 0.6 is 0 Å². The first kappa shape index (κ1) is 20.4. The molecule has 2 nitrogen and oxygen atoms in total. The van der Waals surface area contributed by atoms with Crippen LogP contribution in [-0.4, -0.2) is 9.13 Å². The van der Waals surface area contributed by atoms with E-state index in [2.05, 4.69) is 143 Å². The second kappa shape index (κ2) is 7.84. The molecule has 8 rings (SSSR count). The Balaban J connectivity index is 1.36. The van der Waals surface area contributed by atoms with Gasteiger partial charge in [-0.25, -0.2) is 0 Å². The lowest BCUT2D eigenvalue weighted by Gasteiger charge is -2.09. The quantitative estimate of drug-likeness (QED) is 0.242. The van der Waals surface area contributed by atoms with E-state index in [9.17, 15) is 0 Å². The highest BCUT2D eigenvalue weighted by Gasteiger charge is 2.16. The van der Waals surface area contributed by atoms with Crippen molar-refractivity contribution >= 4 is 49.3 Å². The number of benzene rings is 5. The molecule has 2 heterocycles. The largest absolute Gasteiger partial charge is 0.313 e. The van der Waals surface area contributed by atoms with E-state index in [4.69, 9.17) is 0 Å². The summed E-state index contributed by atoms with van der Waals surface area (Å²) in [5, 5.41) is 5.16. The third kappa shape index (κ3) is 2.99. The summed E-state index contributed by atoms with van der Waals surface area (Å²) in [6.45, 7) is 0. The Morgan fingerprint density at radius 3 is 1.62 bits per heavy atom. The number of fused-ring (bicyclic) bond motifs is 6. The molecule has 7 aromatic rings.